The van der Waals surface area contributed by atoms with Crippen molar-refractivity contribution < 1.29 is 0 Å². The number of piperidine rings is 1. The van der Waals surface area contributed by atoms with E-state index in [9.17, 15) is 0 Å². The van der Waals surface area contributed by atoms with E-state index in [4.69, 9.17) is 5.73 Å². The molecule has 0 spiro atoms. The van der Waals surface area contributed by atoms with Crippen LogP contribution in [-0.2, 0) is 0 Å². The van der Waals surface area contributed by atoms with Crippen LogP contribution in [0.4, 0.5) is 0 Å². The molecule has 3 N–H and O–H groups in total. The van der Waals surface area contributed by atoms with Crippen molar-refractivity contribution in [2.24, 2.45) is 10.7 Å². The molecule has 10 heavy (non-hydrogen) atoms. The van der Waals surface area contributed by atoms with Gasteiger partial charge in [-0.25, -0.2) is 0 Å². The van der Waals surface area contributed by atoms with Crippen molar-refractivity contribution in [2.45, 2.75) is 31.8 Å². The van der Waals surface area contributed by atoms with Gasteiger partial charge in [0.15, 0.2) is 0 Å². The smallest absolute Gasteiger partial charge is 0.0801 e. The summed E-state index contributed by atoms with van der Waals surface area (Å²) < 4.78 is 0. The van der Waals surface area contributed by atoms with Gasteiger partial charge in [-0.1, -0.05) is 0 Å². The van der Waals surface area contributed by atoms with E-state index in [1.54, 1.807) is 0 Å². The predicted octanol–water partition coefficient (Wildman–Crippen LogP) is 0.114. The van der Waals surface area contributed by atoms with Gasteiger partial charge in [-0.15, -0.1) is 0 Å². The van der Waals surface area contributed by atoms with E-state index in [0.29, 0.717) is 12.1 Å². The zero-order chi connectivity index (χ0) is 7.40. The predicted molar refractivity (Wildman–Crippen MR) is 43.2 cm³/mol. The van der Waals surface area contributed by atoms with Crippen LogP contribution in [0.2, 0.25) is 0 Å². The molecule has 3 heteroatoms. The summed E-state index contributed by atoms with van der Waals surface area (Å²) in [5.41, 5.74) is 5.19. The first kappa shape index (κ1) is 7.54. The van der Waals surface area contributed by atoms with Gasteiger partial charge in [0.2, 0.25) is 0 Å². The highest BCUT2D eigenvalue weighted by Gasteiger charge is 2.15. The zero-order valence-corrected chi connectivity index (χ0v) is 6.38. The topological polar surface area (TPSA) is 50.4 Å². The molecule has 0 saturated carbocycles. The van der Waals surface area contributed by atoms with Crippen LogP contribution in [0.3, 0.4) is 0 Å². The summed E-state index contributed by atoms with van der Waals surface area (Å²) in [4.78, 5) is 4.15. The van der Waals surface area contributed by atoms with Crippen LogP contribution in [-0.4, -0.2) is 25.0 Å². The maximum atomic E-state index is 5.19. The summed E-state index contributed by atoms with van der Waals surface area (Å²) >= 11 is 0. The minimum atomic E-state index is 0.459. The molecule has 3 nitrogen and oxygen atoms in total. The van der Waals surface area contributed by atoms with Crippen molar-refractivity contribution in [3.05, 3.63) is 0 Å². The van der Waals surface area contributed by atoms with Crippen LogP contribution < -0.4 is 11.1 Å². The highest BCUT2D eigenvalue weighted by Crippen LogP contribution is 2.10. The Morgan fingerprint density at radius 3 is 3.10 bits per heavy atom. The van der Waals surface area contributed by atoms with Crippen molar-refractivity contribution in [2.75, 3.05) is 6.54 Å². The van der Waals surface area contributed by atoms with Crippen LogP contribution in [0.15, 0.2) is 4.99 Å². The second kappa shape index (κ2) is 3.56. The molecule has 0 aliphatic carbocycles. The van der Waals surface area contributed by atoms with Crippen LogP contribution in [0, 0.1) is 0 Å². The Bertz CT molecular complexity index is 122. The highest BCUT2D eigenvalue weighted by atomic mass is 15.0. The third kappa shape index (κ3) is 1.99. The van der Waals surface area contributed by atoms with Gasteiger partial charge in [0.05, 0.1) is 12.4 Å². The maximum Gasteiger partial charge on any atom is 0.0801 e. The van der Waals surface area contributed by atoms with Gasteiger partial charge in [0.1, 0.15) is 0 Å². The van der Waals surface area contributed by atoms with Gasteiger partial charge in [-0.05, 0) is 26.3 Å². The summed E-state index contributed by atoms with van der Waals surface area (Å²) in [5, 5.41) is 3.36. The maximum absolute atomic E-state index is 5.19. The standard InChI is InChI=1S/C7H15N3/c1-6-4-7(10-5-8)2-3-9-6/h5-7,9H,2-4H2,1H3,(H2,8,10)/t6-,7-/m0/s1. The van der Waals surface area contributed by atoms with E-state index in [-0.39, 0.29) is 0 Å². The Kier molecular flexibility index (Phi) is 2.68. The lowest BCUT2D eigenvalue weighted by Gasteiger charge is -2.24. The molecule has 1 rings (SSSR count). The number of aliphatic imine (C=N–C) groups is 1. The Hall–Kier alpha value is -0.570. The number of nitrogens with two attached hydrogens (primary N) is 1. The lowest BCUT2D eigenvalue weighted by atomic mass is 10.0. The summed E-state index contributed by atoms with van der Waals surface area (Å²) in [7, 11) is 0. The van der Waals surface area contributed by atoms with E-state index in [1.165, 1.54) is 6.34 Å². The van der Waals surface area contributed by atoms with Crippen molar-refractivity contribution in [3.63, 3.8) is 0 Å². The van der Waals surface area contributed by atoms with E-state index in [2.05, 4.69) is 17.2 Å². The van der Waals surface area contributed by atoms with Crippen molar-refractivity contribution in [1.29, 1.82) is 0 Å². The minimum Gasteiger partial charge on any atom is -0.390 e. The lowest BCUT2D eigenvalue weighted by Crippen LogP contribution is -2.37. The average molecular weight is 141 g/mol. The van der Waals surface area contributed by atoms with Crippen LogP contribution in [0.1, 0.15) is 19.8 Å². The SMILES string of the molecule is C[C@H]1C[C@@H](N=CN)CCN1. The molecule has 0 bridgehead atoms. The third-order valence-electron chi connectivity index (χ3n) is 1.89. The molecule has 0 radical (unpaired) electrons. The quantitative estimate of drug-likeness (QED) is 0.402. The van der Waals surface area contributed by atoms with Crippen molar-refractivity contribution in [1.82, 2.24) is 5.32 Å². The number of hydrogen-bond acceptors (Lipinski definition) is 2. The summed E-state index contributed by atoms with van der Waals surface area (Å²) in [6.45, 7) is 3.25. The molecule has 0 aromatic carbocycles. The van der Waals surface area contributed by atoms with Gasteiger partial charge in [-0.2, -0.15) is 0 Å². The largest absolute Gasteiger partial charge is 0.390 e. The number of hydrogen-bond donors (Lipinski definition) is 2. The van der Waals surface area contributed by atoms with Crippen LogP contribution in [0.5, 0.6) is 0 Å². The molecule has 58 valence electrons. The first-order valence-corrected chi connectivity index (χ1v) is 3.79. The monoisotopic (exact) mass is 141 g/mol. The fraction of sp³-hybridized carbons (Fsp3) is 0.857. The van der Waals surface area contributed by atoms with Gasteiger partial charge in [0.25, 0.3) is 0 Å². The Balaban J connectivity index is 2.32. The van der Waals surface area contributed by atoms with Gasteiger partial charge < -0.3 is 11.1 Å². The van der Waals surface area contributed by atoms with Crippen LogP contribution in [0.25, 0.3) is 0 Å². The summed E-state index contributed by atoms with van der Waals surface area (Å²) in [6, 6.07) is 1.06. The molecule has 1 saturated heterocycles. The second-order valence-electron chi connectivity index (χ2n) is 2.83. The molecule has 0 aromatic heterocycles. The number of rotatable bonds is 1. The van der Waals surface area contributed by atoms with E-state index in [0.717, 1.165) is 19.4 Å². The number of nitrogens with one attached hydrogen (secondary N) is 1. The molecular formula is C7H15N3. The van der Waals surface area contributed by atoms with Gasteiger partial charge in [0, 0.05) is 6.04 Å². The molecular weight excluding hydrogens is 126 g/mol. The minimum absolute atomic E-state index is 0.459. The normalized spacial score (nSPS) is 34.9. The Labute approximate surface area is 61.7 Å². The Morgan fingerprint density at radius 2 is 2.50 bits per heavy atom. The third-order valence-corrected chi connectivity index (χ3v) is 1.89. The molecule has 1 heterocycles. The lowest BCUT2D eigenvalue weighted by molar-refractivity contribution is 0.383. The van der Waals surface area contributed by atoms with E-state index >= 15 is 0 Å². The number of nitrogens with zero attached hydrogens (tertiary/aromatic N) is 1. The first-order valence-electron chi connectivity index (χ1n) is 3.79. The first-order chi connectivity index (χ1) is 4.83. The fourth-order valence-electron chi connectivity index (χ4n) is 1.36. The van der Waals surface area contributed by atoms with Gasteiger partial charge in [-0.3, -0.25) is 4.99 Å². The van der Waals surface area contributed by atoms with Crippen molar-refractivity contribution >= 4 is 6.34 Å². The zero-order valence-electron chi connectivity index (χ0n) is 6.38. The molecule has 1 aliphatic heterocycles. The second-order valence-corrected chi connectivity index (χ2v) is 2.83. The Morgan fingerprint density at radius 1 is 1.70 bits per heavy atom. The molecule has 0 aromatic rings. The summed E-state index contributed by atoms with van der Waals surface area (Å²) in [6.07, 6.45) is 3.66. The molecule has 0 unspecified atom stereocenters. The molecule has 1 fully saturated rings. The molecule has 2 atom stereocenters. The summed E-state index contributed by atoms with van der Waals surface area (Å²) in [5.74, 6) is 0. The van der Waals surface area contributed by atoms with Crippen LogP contribution >= 0.6 is 0 Å². The highest BCUT2D eigenvalue weighted by molar-refractivity contribution is 5.51. The molecule has 0 amide bonds. The average Bonchev–Trinajstić information content (AvgIpc) is 1.88. The van der Waals surface area contributed by atoms with E-state index in [1.807, 2.05) is 0 Å². The van der Waals surface area contributed by atoms with E-state index < -0.39 is 0 Å². The van der Waals surface area contributed by atoms with Crippen molar-refractivity contribution in [3.8, 4) is 0 Å². The fourth-order valence-corrected chi connectivity index (χ4v) is 1.36. The molecule has 1 aliphatic rings. The van der Waals surface area contributed by atoms with Gasteiger partial charge >= 0.3 is 0 Å².